The third-order valence-corrected chi connectivity index (χ3v) is 4.51. The van der Waals surface area contributed by atoms with Gasteiger partial charge >= 0.3 is 0 Å². The van der Waals surface area contributed by atoms with Crippen molar-refractivity contribution in [2.45, 2.75) is 70.7 Å². The number of primary amides is 1. The first-order chi connectivity index (χ1) is 13.0. The average molecular weight is 398 g/mol. The normalized spacial score (nSPS) is 20.5. The van der Waals surface area contributed by atoms with Gasteiger partial charge in [0.1, 0.15) is 24.2 Å². The van der Waals surface area contributed by atoms with E-state index in [0.29, 0.717) is 19.4 Å². The van der Waals surface area contributed by atoms with Crippen LogP contribution in [0.5, 0.6) is 0 Å². The third-order valence-electron chi connectivity index (χ3n) is 4.51. The van der Waals surface area contributed by atoms with Gasteiger partial charge in [-0.15, -0.1) is 0 Å². The second kappa shape index (κ2) is 10.0. The van der Waals surface area contributed by atoms with Gasteiger partial charge in [-0.3, -0.25) is 24.0 Å². The molecule has 11 heteroatoms. The molecule has 0 aromatic carbocycles. The van der Waals surface area contributed by atoms with Crippen LogP contribution < -0.4 is 27.4 Å². The maximum atomic E-state index is 12.5. The molecule has 1 aliphatic rings. The highest BCUT2D eigenvalue weighted by Gasteiger charge is 2.35. The number of likely N-dealkylation sites (tertiary alicyclic amines) is 1. The van der Waals surface area contributed by atoms with Gasteiger partial charge in [0.25, 0.3) is 0 Å². The number of hydrogen-bond donors (Lipinski definition) is 5. The fourth-order valence-corrected chi connectivity index (χ4v) is 2.79. The first-order valence-corrected chi connectivity index (χ1v) is 9.22. The van der Waals surface area contributed by atoms with Gasteiger partial charge in [-0.25, -0.2) is 0 Å². The summed E-state index contributed by atoms with van der Waals surface area (Å²) >= 11 is 0. The highest BCUT2D eigenvalue weighted by Crippen LogP contribution is 2.17. The van der Waals surface area contributed by atoms with E-state index in [1.807, 2.05) is 0 Å². The van der Waals surface area contributed by atoms with Crippen molar-refractivity contribution in [3.8, 4) is 0 Å². The molecule has 11 nitrogen and oxygen atoms in total. The van der Waals surface area contributed by atoms with Crippen molar-refractivity contribution in [1.29, 1.82) is 0 Å². The molecule has 5 atom stereocenters. The predicted octanol–water partition coefficient (Wildman–Crippen LogP) is -2.68. The molecule has 5 amide bonds. The van der Waals surface area contributed by atoms with E-state index in [0.717, 1.165) is 0 Å². The minimum absolute atomic E-state index is 0.399. The summed E-state index contributed by atoms with van der Waals surface area (Å²) in [4.78, 5) is 61.2. The van der Waals surface area contributed by atoms with E-state index in [4.69, 9.17) is 11.5 Å². The van der Waals surface area contributed by atoms with E-state index in [9.17, 15) is 24.0 Å². The van der Waals surface area contributed by atoms with Gasteiger partial charge in [0, 0.05) is 6.54 Å². The molecule has 1 rings (SSSR count). The number of rotatable bonds is 8. The molecule has 28 heavy (non-hydrogen) atoms. The molecule has 1 saturated heterocycles. The van der Waals surface area contributed by atoms with E-state index in [1.165, 1.54) is 32.6 Å². The number of amides is 5. The Kier molecular flexibility index (Phi) is 8.35. The Morgan fingerprint density at radius 3 is 1.79 bits per heavy atom. The number of carbonyl (C=O) groups is 5. The fraction of sp³-hybridized carbons (Fsp3) is 0.706. The van der Waals surface area contributed by atoms with Crippen molar-refractivity contribution in [1.82, 2.24) is 20.9 Å². The Labute approximate surface area is 163 Å². The van der Waals surface area contributed by atoms with E-state index in [2.05, 4.69) is 16.0 Å². The molecular weight excluding hydrogens is 368 g/mol. The van der Waals surface area contributed by atoms with E-state index < -0.39 is 59.7 Å². The molecule has 0 bridgehead atoms. The SMILES string of the molecule is C[C@H](N)C(=O)N[C@@H](C)C(=O)N[C@@H](C)C(=O)N[C@@H](C)C(=O)N1CCC[C@H]1C(N)=O. The van der Waals surface area contributed by atoms with Crippen LogP contribution in [0, 0.1) is 0 Å². The summed E-state index contributed by atoms with van der Waals surface area (Å²) < 4.78 is 0. The Hall–Kier alpha value is -2.69. The standard InChI is InChI=1S/C17H30N6O5/c1-8(18)14(25)20-9(2)15(26)21-10(3)16(27)22-11(4)17(28)23-7-5-6-12(23)13(19)24/h8-12H,5-7,18H2,1-4H3,(H2,19,24)(H,20,25)(H,21,26)(H,22,27)/t8-,9-,10-,11-,12-/m0/s1. The van der Waals surface area contributed by atoms with Crippen molar-refractivity contribution in [3.63, 3.8) is 0 Å². The molecule has 1 aliphatic heterocycles. The van der Waals surface area contributed by atoms with Crippen molar-refractivity contribution in [2.75, 3.05) is 6.54 Å². The molecule has 0 aromatic heterocycles. The minimum Gasteiger partial charge on any atom is -0.368 e. The number of nitrogens with two attached hydrogens (primary N) is 2. The predicted molar refractivity (Wildman–Crippen MR) is 100 cm³/mol. The molecule has 1 heterocycles. The lowest BCUT2D eigenvalue weighted by Crippen LogP contribution is -2.56. The lowest BCUT2D eigenvalue weighted by Gasteiger charge is -2.27. The zero-order chi connectivity index (χ0) is 21.6. The van der Waals surface area contributed by atoms with Gasteiger partial charge in [-0.2, -0.15) is 0 Å². The number of nitrogens with zero attached hydrogens (tertiary/aromatic N) is 1. The van der Waals surface area contributed by atoms with Crippen molar-refractivity contribution in [3.05, 3.63) is 0 Å². The van der Waals surface area contributed by atoms with E-state index in [1.54, 1.807) is 0 Å². The molecule has 0 spiro atoms. The summed E-state index contributed by atoms with van der Waals surface area (Å²) in [6, 6.07) is -4.14. The second-order valence-corrected chi connectivity index (χ2v) is 7.07. The zero-order valence-corrected chi connectivity index (χ0v) is 16.7. The summed E-state index contributed by atoms with van der Waals surface area (Å²) in [6.07, 6.45) is 1.16. The minimum atomic E-state index is -0.942. The summed E-state index contributed by atoms with van der Waals surface area (Å²) in [5, 5.41) is 7.40. The average Bonchev–Trinajstić information content (AvgIpc) is 3.10. The van der Waals surface area contributed by atoms with Crippen LogP contribution in [-0.4, -0.2) is 71.2 Å². The second-order valence-electron chi connectivity index (χ2n) is 7.07. The fourth-order valence-electron chi connectivity index (χ4n) is 2.79. The molecular formula is C17H30N6O5. The van der Waals surface area contributed by atoms with Crippen LogP contribution in [0.3, 0.4) is 0 Å². The summed E-state index contributed by atoms with van der Waals surface area (Å²) in [5.74, 6) is -2.62. The Morgan fingerprint density at radius 1 is 0.857 bits per heavy atom. The smallest absolute Gasteiger partial charge is 0.245 e. The van der Waals surface area contributed by atoms with Crippen molar-refractivity contribution < 1.29 is 24.0 Å². The Bertz CT molecular complexity index is 638. The van der Waals surface area contributed by atoms with Gasteiger partial charge in [0.2, 0.25) is 29.5 Å². The van der Waals surface area contributed by atoms with Crippen LogP contribution in [-0.2, 0) is 24.0 Å². The van der Waals surface area contributed by atoms with Gasteiger partial charge < -0.3 is 32.3 Å². The maximum Gasteiger partial charge on any atom is 0.245 e. The third kappa shape index (κ3) is 6.19. The van der Waals surface area contributed by atoms with Crippen molar-refractivity contribution in [2.24, 2.45) is 11.5 Å². The van der Waals surface area contributed by atoms with Crippen LogP contribution in [0.15, 0.2) is 0 Å². The van der Waals surface area contributed by atoms with Crippen LogP contribution >= 0.6 is 0 Å². The molecule has 7 N–H and O–H groups in total. The summed E-state index contributed by atoms with van der Waals surface area (Å²) in [6.45, 7) is 6.29. The lowest BCUT2D eigenvalue weighted by atomic mass is 10.2. The maximum absolute atomic E-state index is 12.5. The quantitative estimate of drug-likeness (QED) is 0.297. The van der Waals surface area contributed by atoms with E-state index in [-0.39, 0.29) is 0 Å². The van der Waals surface area contributed by atoms with Gasteiger partial charge in [-0.05, 0) is 40.5 Å². The number of nitrogens with one attached hydrogen (secondary N) is 3. The molecule has 1 fully saturated rings. The highest BCUT2D eigenvalue weighted by atomic mass is 16.2. The largest absolute Gasteiger partial charge is 0.368 e. The molecule has 0 aromatic rings. The van der Waals surface area contributed by atoms with Gasteiger partial charge in [0.05, 0.1) is 6.04 Å². The zero-order valence-electron chi connectivity index (χ0n) is 16.7. The Morgan fingerprint density at radius 2 is 1.32 bits per heavy atom. The highest BCUT2D eigenvalue weighted by molar-refractivity contribution is 5.95. The molecule has 0 aliphatic carbocycles. The monoisotopic (exact) mass is 398 g/mol. The van der Waals surface area contributed by atoms with E-state index >= 15 is 0 Å². The van der Waals surface area contributed by atoms with Gasteiger partial charge in [0.15, 0.2) is 0 Å². The first kappa shape index (κ1) is 23.3. The summed E-state index contributed by atoms with van der Waals surface area (Å²) in [5.41, 5.74) is 10.7. The van der Waals surface area contributed by atoms with Crippen LogP contribution in [0.25, 0.3) is 0 Å². The van der Waals surface area contributed by atoms with Crippen LogP contribution in [0.4, 0.5) is 0 Å². The first-order valence-electron chi connectivity index (χ1n) is 9.22. The van der Waals surface area contributed by atoms with Gasteiger partial charge in [-0.1, -0.05) is 0 Å². The molecule has 0 radical (unpaired) electrons. The molecule has 0 unspecified atom stereocenters. The topological polar surface area (TPSA) is 177 Å². The number of hydrogen-bond acceptors (Lipinski definition) is 6. The van der Waals surface area contributed by atoms with Crippen LogP contribution in [0.1, 0.15) is 40.5 Å². The lowest BCUT2D eigenvalue weighted by molar-refractivity contribution is -0.140. The number of carbonyl (C=O) groups excluding carboxylic acids is 5. The Balaban J connectivity index is 2.56. The summed E-state index contributed by atoms with van der Waals surface area (Å²) in [7, 11) is 0. The molecule has 158 valence electrons. The van der Waals surface area contributed by atoms with Crippen LogP contribution in [0.2, 0.25) is 0 Å². The molecule has 0 saturated carbocycles. The van der Waals surface area contributed by atoms with Crippen molar-refractivity contribution >= 4 is 29.5 Å².